The molecule has 1 aliphatic heterocycles. The Hall–Kier alpha value is -1.43. The molecule has 110 valence electrons. The zero-order chi connectivity index (χ0) is 14.4. The van der Waals surface area contributed by atoms with Crippen molar-refractivity contribution in [2.45, 2.75) is 12.8 Å². The monoisotopic (exact) mass is 278 g/mol. The molecule has 0 aromatic heterocycles. The lowest BCUT2D eigenvalue weighted by Gasteiger charge is -2.21. The number of carbonyl (C=O) groups excluding carboxylic acids is 1. The van der Waals surface area contributed by atoms with E-state index in [-0.39, 0.29) is 25.5 Å². The summed E-state index contributed by atoms with van der Waals surface area (Å²) in [5.74, 6) is 0.0280. The van der Waals surface area contributed by atoms with Crippen LogP contribution >= 0.6 is 0 Å². The number of aliphatic hydroxyl groups excluding tert-OH is 2. The van der Waals surface area contributed by atoms with Crippen LogP contribution < -0.4 is 5.32 Å². The first-order valence-electron chi connectivity index (χ1n) is 7.08. The van der Waals surface area contributed by atoms with E-state index in [1.54, 1.807) is 4.90 Å². The van der Waals surface area contributed by atoms with E-state index in [4.69, 9.17) is 10.2 Å². The highest BCUT2D eigenvalue weighted by Crippen LogP contribution is 2.23. The number of benzene rings is 1. The van der Waals surface area contributed by atoms with E-state index < -0.39 is 0 Å². The van der Waals surface area contributed by atoms with Crippen molar-refractivity contribution >= 4 is 11.5 Å². The summed E-state index contributed by atoms with van der Waals surface area (Å²) in [6.45, 7) is 1.99. The van der Waals surface area contributed by atoms with Gasteiger partial charge in [-0.05, 0) is 36.6 Å². The third-order valence-electron chi connectivity index (χ3n) is 3.57. The van der Waals surface area contributed by atoms with Gasteiger partial charge in [0.05, 0.1) is 19.8 Å². The Kier molecular flexibility index (Phi) is 5.52. The lowest BCUT2D eigenvalue weighted by Crippen LogP contribution is -2.34. The first-order valence-corrected chi connectivity index (χ1v) is 7.08. The molecule has 0 saturated heterocycles. The molecule has 1 aliphatic rings. The van der Waals surface area contributed by atoms with Gasteiger partial charge in [-0.3, -0.25) is 9.69 Å². The molecule has 0 bridgehead atoms. The van der Waals surface area contributed by atoms with Crippen molar-refractivity contribution in [2.24, 2.45) is 0 Å². The number of hydrogen-bond acceptors (Lipinski definition) is 5. The molecule has 0 unspecified atom stereocenters. The summed E-state index contributed by atoms with van der Waals surface area (Å²) in [4.78, 5) is 14.0. The van der Waals surface area contributed by atoms with Gasteiger partial charge >= 0.3 is 0 Å². The summed E-state index contributed by atoms with van der Waals surface area (Å²) in [7, 11) is 0. The van der Waals surface area contributed by atoms with Crippen molar-refractivity contribution in [3.63, 3.8) is 0 Å². The summed E-state index contributed by atoms with van der Waals surface area (Å²) < 4.78 is 0. The van der Waals surface area contributed by atoms with E-state index in [0.717, 1.165) is 25.1 Å². The van der Waals surface area contributed by atoms with Gasteiger partial charge in [-0.2, -0.15) is 0 Å². The maximum atomic E-state index is 12.3. The zero-order valence-corrected chi connectivity index (χ0v) is 11.6. The second-order valence-electron chi connectivity index (χ2n) is 5.05. The fraction of sp³-hybridized carbons (Fsp3) is 0.533. The lowest BCUT2D eigenvalue weighted by atomic mass is 9.99. The van der Waals surface area contributed by atoms with Gasteiger partial charge in [0, 0.05) is 30.9 Å². The first-order chi connectivity index (χ1) is 9.74. The predicted molar refractivity (Wildman–Crippen MR) is 78.2 cm³/mol. The minimum absolute atomic E-state index is 0.0125. The van der Waals surface area contributed by atoms with E-state index in [0.29, 0.717) is 18.7 Å². The number of aliphatic hydroxyl groups is 2. The second kappa shape index (κ2) is 7.38. The number of anilines is 1. The molecule has 2 rings (SSSR count). The fourth-order valence-corrected chi connectivity index (χ4v) is 2.50. The van der Waals surface area contributed by atoms with Crippen LogP contribution in [0, 0.1) is 0 Å². The van der Waals surface area contributed by atoms with Crippen molar-refractivity contribution in [2.75, 3.05) is 44.7 Å². The first kappa shape index (κ1) is 15.0. The average Bonchev–Trinajstić information content (AvgIpc) is 2.47. The molecular formula is C15H22N2O3. The minimum atomic E-state index is -0.0125. The summed E-state index contributed by atoms with van der Waals surface area (Å²) >= 11 is 0. The molecule has 0 aliphatic carbocycles. The van der Waals surface area contributed by atoms with Gasteiger partial charge in [0.25, 0.3) is 0 Å². The highest BCUT2D eigenvalue weighted by Gasteiger charge is 2.15. The van der Waals surface area contributed by atoms with Crippen LogP contribution in [0.15, 0.2) is 18.2 Å². The summed E-state index contributed by atoms with van der Waals surface area (Å²) in [5, 5.41) is 21.2. The number of nitrogens with one attached hydrogen (secondary N) is 1. The van der Waals surface area contributed by atoms with E-state index >= 15 is 0 Å². The average molecular weight is 278 g/mol. The van der Waals surface area contributed by atoms with Crippen LogP contribution in [0.5, 0.6) is 0 Å². The molecule has 0 atom stereocenters. The van der Waals surface area contributed by atoms with Gasteiger partial charge in [0.2, 0.25) is 0 Å². The predicted octanol–water partition coefficient (Wildman–Crippen LogP) is 0.514. The van der Waals surface area contributed by atoms with Crippen LogP contribution in [-0.4, -0.2) is 60.3 Å². The Morgan fingerprint density at radius 3 is 2.70 bits per heavy atom. The van der Waals surface area contributed by atoms with Crippen LogP contribution in [0.1, 0.15) is 22.3 Å². The highest BCUT2D eigenvalue weighted by atomic mass is 16.3. The number of aryl methyl sites for hydroxylation is 1. The van der Waals surface area contributed by atoms with Crippen LogP contribution in [0.25, 0.3) is 0 Å². The summed E-state index contributed by atoms with van der Waals surface area (Å²) in [6, 6.07) is 5.76. The Morgan fingerprint density at radius 1 is 1.25 bits per heavy atom. The maximum absolute atomic E-state index is 12.3. The van der Waals surface area contributed by atoms with Crippen molar-refractivity contribution in [1.29, 1.82) is 0 Å². The molecule has 3 N–H and O–H groups in total. The third kappa shape index (κ3) is 3.79. The van der Waals surface area contributed by atoms with Gasteiger partial charge < -0.3 is 15.5 Å². The quantitative estimate of drug-likeness (QED) is 0.634. The molecule has 1 aromatic rings. The smallest absolute Gasteiger partial charge is 0.176 e. The number of ketones is 1. The number of fused-ring (bicyclic) bond motifs is 1. The van der Waals surface area contributed by atoms with Crippen molar-refractivity contribution in [3.05, 3.63) is 29.3 Å². The van der Waals surface area contributed by atoms with E-state index in [9.17, 15) is 4.79 Å². The topological polar surface area (TPSA) is 72.8 Å². The van der Waals surface area contributed by atoms with E-state index in [2.05, 4.69) is 5.32 Å². The molecule has 5 nitrogen and oxygen atoms in total. The number of Topliss-reactive ketones (excluding diaryl/α,β-unsaturated/α-hetero) is 1. The zero-order valence-electron chi connectivity index (χ0n) is 11.6. The molecule has 0 amide bonds. The second-order valence-corrected chi connectivity index (χ2v) is 5.05. The summed E-state index contributed by atoms with van der Waals surface area (Å²) in [5.41, 5.74) is 3.02. The van der Waals surface area contributed by atoms with E-state index in [1.165, 1.54) is 5.56 Å². The third-order valence-corrected chi connectivity index (χ3v) is 3.57. The van der Waals surface area contributed by atoms with Crippen LogP contribution in [-0.2, 0) is 6.42 Å². The molecule has 0 spiro atoms. The Bertz CT molecular complexity index is 456. The largest absolute Gasteiger partial charge is 0.395 e. The van der Waals surface area contributed by atoms with E-state index in [1.807, 2.05) is 18.2 Å². The van der Waals surface area contributed by atoms with Crippen molar-refractivity contribution < 1.29 is 15.0 Å². The molecule has 0 fully saturated rings. The molecule has 5 heteroatoms. The van der Waals surface area contributed by atoms with Crippen molar-refractivity contribution in [1.82, 2.24) is 4.90 Å². The number of hydrogen-bond donors (Lipinski definition) is 3. The van der Waals surface area contributed by atoms with Gasteiger partial charge in [-0.15, -0.1) is 0 Å². The number of rotatable bonds is 7. The summed E-state index contributed by atoms with van der Waals surface area (Å²) in [6.07, 6.45) is 2.09. The van der Waals surface area contributed by atoms with Crippen LogP contribution in [0.4, 0.5) is 5.69 Å². The molecule has 20 heavy (non-hydrogen) atoms. The SMILES string of the molecule is O=C(CN(CCO)CCO)c1ccc2c(c1)CCCN2. The molecular weight excluding hydrogens is 256 g/mol. The Labute approximate surface area is 119 Å². The van der Waals surface area contributed by atoms with Gasteiger partial charge in [0.15, 0.2) is 5.78 Å². The number of nitrogens with zero attached hydrogens (tertiary/aromatic N) is 1. The number of carbonyl (C=O) groups is 1. The lowest BCUT2D eigenvalue weighted by molar-refractivity contribution is 0.0894. The fourth-order valence-electron chi connectivity index (χ4n) is 2.50. The molecule has 0 saturated carbocycles. The Morgan fingerprint density at radius 2 is 2.00 bits per heavy atom. The maximum Gasteiger partial charge on any atom is 0.176 e. The van der Waals surface area contributed by atoms with Crippen molar-refractivity contribution in [3.8, 4) is 0 Å². The van der Waals surface area contributed by atoms with Gasteiger partial charge in [0.1, 0.15) is 0 Å². The molecule has 1 aromatic carbocycles. The molecule has 1 heterocycles. The highest BCUT2D eigenvalue weighted by molar-refractivity contribution is 5.98. The van der Waals surface area contributed by atoms with Gasteiger partial charge in [-0.1, -0.05) is 0 Å². The van der Waals surface area contributed by atoms with Crippen LogP contribution in [0.3, 0.4) is 0 Å². The van der Waals surface area contributed by atoms with Gasteiger partial charge in [-0.25, -0.2) is 0 Å². The molecule has 0 radical (unpaired) electrons. The standard InChI is InChI=1S/C15H22N2O3/c18-8-6-17(7-9-19)11-15(20)13-3-4-14-12(10-13)2-1-5-16-14/h3-4,10,16,18-19H,1-2,5-9,11H2. The Balaban J connectivity index is 2.04. The minimum Gasteiger partial charge on any atom is -0.395 e. The normalized spacial score (nSPS) is 13.9. The van der Waals surface area contributed by atoms with Crippen LogP contribution in [0.2, 0.25) is 0 Å².